The molecule has 0 amide bonds. The lowest BCUT2D eigenvalue weighted by atomic mass is 10.00. The number of benzene rings is 1. The maximum absolute atomic E-state index is 9.45. The van der Waals surface area contributed by atoms with E-state index < -0.39 is 0 Å². The summed E-state index contributed by atoms with van der Waals surface area (Å²) in [6.45, 7) is 4.09. The number of aliphatic hydroxyl groups excluding tert-OH is 1. The van der Waals surface area contributed by atoms with Crippen LogP contribution in [0.4, 0.5) is 0 Å². The summed E-state index contributed by atoms with van der Waals surface area (Å²) in [5, 5.41) is 10.6. The molecule has 112 valence electrons. The number of aryl methyl sites for hydroxylation is 2. The highest BCUT2D eigenvalue weighted by Gasteiger charge is 2.10. The normalized spacial score (nSPS) is 10.9. The molecule has 0 aliphatic rings. The van der Waals surface area contributed by atoms with Gasteiger partial charge >= 0.3 is 0 Å². The number of rotatable bonds is 3. The van der Waals surface area contributed by atoms with E-state index in [4.69, 9.17) is 9.72 Å². The molecule has 0 atom stereocenters. The zero-order chi connectivity index (χ0) is 15.7. The van der Waals surface area contributed by atoms with Gasteiger partial charge in [-0.2, -0.15) is 0 Å². The Morgan fingerprint density at radius 3 is 2.68 bits per heavy atom. The molecule has 3 aromatic rings. The first kappa shape index (κ1) is 14.5. The zero-order valence-corrected chi connectivity index (χ0v) is 12.9. The summed E-state index contributed by atoms with van der Waals surface area (Å²) < 4.78 is 5.18. The van der Waals surface area contributed by atoms with Crippen LogP contribution in [0.2, 0.25) is 0 Å². The molecule has 0 saturated heterocycles. The van der Waals surface area contributed by atoms with Crippen LogP contribution in [0.3, 0.4) is 0 Å². The summed E-state index contributed by atoms with van der Waals surface area (Å²) in [6.07, 6.45) is 1.71. The van der Waals surface area contributed by atoms with Gasteiger partial charge in [-0.3, -0.25) is 0 Å². The summed E-state index contributed by atoms with van der Waals surface area (Å²) in [6, 6.07) is 9.84. The van der Waals surface area contributed by atoms with E-state index in [1.165, 1.54) is 0 Å². The van der Waals surface area contributed by atoms with Crippen molar-refractivity contribution >= 4 is 10.9 Å². The molecule has 0 unspecified atom stereocenters. The number of methoxy groups -OCH3 is 1. The van der Waals surface area contributed by atoms with E-state index in [9.17, 15) is 5.11 Å². The molecule has 22 heavy (non-hydrogen) atoms. The van der Waals surface area contributed by atoms with Gasteiger partial charge in [0.1, 0.15) is 0 Å². The van der Waals surface area contributed by atoms with Crippen molar-refractivity contribution in [3.05, 3.63) is 53.2 Å². The largest absolute Gasteiger partial charge is 0.481 e. The number of aromatic nitrogens is 2. The van der Waals surface area contributed by atoms with Crippen molar-refractivity contribution in [1.82, 2.24) is 9.97 Å². The molecule has 3 rings (SSSR count). The Hall–Kier alpha value is -2.46. The third-order valence-electron chi connectivity index (χ3n) is 3.96. The highest BCUT2D eigenvalue weighted by molar-refractivity contribution is 5.88. The van der Waals surface area contributed by atoms with Crippen LogP contribution in [0.5, 0.6) is 5.88 Å². The highest BCUT2D eigenvalue weighted by Crippen LogP contribution is 2.28. The van der Waals surface area contributed by atoms with Crippen LogP contribution >= 0.6 is 0 Å². The highest BCUT2D eigenvalue weighted by atomic mass is 16.5. The van der Waals surface area contributed by atoms with Gasteiger partial charge in [-0.05, 0) is 42.7 Å². The molecule has 0 radical (unpaired) electrons. The van der Waals surface area contributed by atoms with Crippen molar-refractivity contribution in [2.24, 2.45) is 0 Å². The molecule has 4 heteroatoms. The number of ether oxygens (including phenoxy) is 1. The maximum Gasteiger partial charge on any atom is 0.213 e. The molecule has 1 N–H and O–H groups in total. The molecule has 0 spiro atoms. The van der Waals surface area contributed by atoms with Crippen molar-refractivity contribution < 1.29 is 9.84 Å². The fourth-order valence-corrected chi connectivity index (χ4v) is 2.64. The van der Waals surface area contributed by atoms with E-state index in [-0.39, 0.29) is 6.61 Å². The van der Waals surface area contributed by atoms with Crippen molar-refractivity contribution in [2.45, 2.75) is 20.5 Å². The second-order valence-electron chi connectivity index (χ2n) is 5.32. The molecule has 2 heterocycles. The number of nitrogens with zero attached hydrogens (tertiary/aromatic N) is 2. The summed E-state index contributed by atoms with van der Waals surface area (Å²) in [7, 11) is 1.60. The molecule has 4 nitrogen and oxygen atoms in total. The van der Waals surface area contributed by atoms with Gasteiger partial charge in [0.15, 0.2) is 0 Å². The lowest BCUT2D eigenvalue weighted by Gasteiger charge is -2.11. The van der Waals surface area contributed by atoms with Gasteiger partial charge in [0.05, 0.1) is 24.9 Å². The van der Waals surface area contributed by atoms with Gasteiger partial charge in [0, 0.05) is 23.2 Å². The zero-order valence-electron chi connectivity index (χ0n) is 12.9. The van der Waals surface area contributed by atoms with E-state index in [0.717, 1.165) is 38.9 Å². The van der Waals surface area contributed by atoms with Crippen LogP contribution < -0.4 is 4.74 Å². The van der Waals surface area contributed by atoms with E-state index in [1.54, 1.807) is 13.3 Å². The summed E-state index contributed by atoms with van der Waals surface area (Å²) in [5.41, 5.74) is 5.85. The Kier molecular flexibility index (Phi) is 3.77. The number of hydrogen-bond donors (Lipinski definition) is 1. The van der Waals surface area contributed by atoms with Crippen LogP contribution in [0.15, 0.2) is 36.5 Å². The first-order chi connectivity index (χ1) is 10.6. The van der Waals surface area contributed by atoms with Crippen molar-refractivity contribution in [3.63, 3.8) is 0 Å². The quantitative estimate of drug-likeness (QED) is 0.804. The third kappa shape index (κ3) is 2.42. The molecule has 2 aromatic heterocycles. The number of hydrogen-bond acceptors (Lipinski definition) is 4. The Morgan fingerprint density at radius 2 is 1.95 bits per heavy atom. The van der Waals surface area contributed by atoms with E-state index in [2.05, 4.69) is 18.0 Å². The molecule has 0 fully saturated rings. The lowest BCUT2D eigenvalue weighted by Crippen LogP contribution is -1.96. The fraction of sp³-hybridized carbons (Fsp3) is 0.222. The van der Waals surface area contributed by atoms with Crippen molar-refractivity contribution in [1.29, 1.82) is 0 Å². The minimum Gasteiger partial charge on any atom is -0.481 e. The van der Waals surface area contributed by atoms with Crippen LogP contribution in [0.25, 0.3) is 22.2 Å². The standard InChI is InChI=1S/C18H18N2O2/c1-11-8-16(13-6-7-19-17(9-13)22-3)20-18-12(2)14(10-21)4-5-15(11)18/h4-9,21H,10H2,1-3H3. The minimum atomic E-state index is 0.0236. The topological polar surface area (TPSA) is 55.2 Å². The number of aliphatic hydroxyl groups is 1. The first-order valence-corrected chi connectivity index (χ1v) is 7.15. The average molecular weight is 294 g/mol. The fourth-order valence-electron chi connectivity index (χ4n) is 2.64. The van der Waals surface area contributed by atoms with Crippen LogP contribution in [0.1, 0.15) is 16.7 Å². The first-order valence-electron chi connectivity index (χ1n) is 7.15. The van der Waals surface area contributed by atoms with E-state index in [0.29, 0.717) is 5.88 Å². The van der Waals surface area contributed by atoms with E-state index in [1.807, 2.05) is 31.2 Å². The molecular weight excluding hydrogens is 276 g/mol. The van der Waals surface area contributed by atoms with E-state index >= 15 is 0 Å². The van der Waals surface area contributed by atoms with Crippen molar-refractivity contribution in [3.8, 4) is 17.1 Å². The maximum atomic E-state index is 9.45. The molecular formula is C18H18N2O2. The summed E-state index contributed by atoms with van der Waals surface area (Å²) in [4.78, 5) is 8.93. The third-order valence-corrected chi connectivity index (χ3v) is 3.96. The molecule has 0 aliphatic heterocycles. The Balaban J connectivity index is 2.24. The lowest BCUT2D eigenvalue weighted by molar-refractivity contribution is 0.281. The second kappa shape index (κ2) is 5.73. The van der Waals surface area contributed by atoms with Gasteiger partial charge in [-0.1, -0.05) is 12.1 Å². The van der Waals surface area contributed by atoms with Gasteiger partial charge in [0.25, 0.3) is 0 Å². The minimum absolute atomic E-state index is 0.0236. The van der Waals surface area contributed by atoms with Gasteiger partial charge in [-0.25, -0.2) is 9.97 Å². The van der Waals surface area contributed by atoms with Crippen LogP contribution in [-0.4, -0.2) is 22.2 Å². The monoisotopic (exact) mass is 294 g/mol. The Morgan fingerprint density at radius 1 is 1.14 bits per heavy atom. The van der Waals surface area contributed by atoms with Crippen molar-refractivity contribution in [2.75, 3.05) is 7.11 Å². The second-order valence-corrected chi connectivity index (χ2v) is 5.32. The summed E-state index contributed by atoms with van der Waals surface area (Å²) in [5.74, 6) is 0.567. The molecule has 0 saturated carbocycles. The van der Waals surface area contributed by atoms with Gasteiger partial charge in [0.2, 0.25) is 5.88 Å². The predicted molar refractivity (Wildman–Crippen MR) is 86.9 cm³/mol. The SMILES string of the molecule is COc1cc(-c2cc(C)c3ccc(CO)c(C)c3n2)ccn1. The molecule has 0 bridgehead atoms. The predicted octanol–water partition coefficient (Wildman–Crippen LogP) is 3.41. The Labute approximate surface area is 129 Å². The smallest absolute Gasteiger partial charge is 0.213 e. The average Bonchev–Trinajstić information content (AvgIpc) is 2.55. The number of pyridine rings is 2. The summed E-state index contributed by atoms with van der Waals surface area (Å²) >= 11 is 0. The van der Waals surface area contributed by atoms with Gasteiger partial charge < -0.3 is 9.84 Å². The molecule has 0 aliphatic carbocycles. The van der Waals surface area contributed by atoms with Crippen LogP contribution in [0, 0.1) is 13.8 Å². The van der Waals surface area contributed by atoms with Crippen LogP contribution in [-0.2, 0) is 6.61 Å². The Bertz CT molecular complexity index is 844. The molecule has 1 aromatic carbocycles. The van der Waals surface area contributed by atoms with Gasteiger partial charge in [-0.15, -0.1) is 0 Å². The number of fused-ring (bicyclic) bond motifs is 1.